The molecule has 3 heteroatoms. The molecular formula is C18H13ClO2. The summed E-state index contributed by atoms with van der Waals surface area (Å²) in [7, 11) is 0. The second kappa shape index (κ2) is 4.28. The van der Waals surface area contributed by atoms with Gasteiger partial charge in [0.25, 0.3) is 0 Å². The molecule has 2 nitrogen and oxygen atoms in total. The fourth-order valence-corrected chi connectivity index (χ4v) is 3.80. The third kappa shape index (κ3) is 1.60. The second-order valence-electron chi connectivity index (χ2n) is 5.88. The molecule has 0 saturated carbocycles. The third-order valence-corrected chi connectivity index (χ3v) is 5.00. The van der Waals surface area contributed by atoms with Crippen LogP contribution in [0.25, 0.3) is 0 Å². The van der Waals surface area contributed by atoms with E-state index >= 15 is 0 Å². The Morgan fingerprint density at radius 2 is 1.52 bits per heavy atom. The van der Waals surface area contributed by atoms with Crippen LogP contribution in [0.5, 0.6) is 0 Å². The maximum Gasteiger partial charge on any atom is 0.178 e. The molecule has 0 N–H and O–H groups in total. The number of hydrogen-bond donors (Lipinski definition) is 0. The molecule has 104 valence electrons. The highest BCUT2D eigenvalue weighted by molar-refractivity contribution is 6.30. The molecule has 0 bridgehead atoms. The molecule has 0 aromatic heterocycles. The van der Waals surface area contributed by atoms with Gasteiger partial charge in [0.05, 0.1) is 0 Å². The lowest BCUT2D eigenvalue weighted by molar-refractivity contribution is 0.0710. The first-order valence-electron chi connectivity index (χ1n) is 7.01. The summed E-state index contributed by atoms with van der Waals surface area (Å²) in [5.74, 6) is 0.404. The zero-order valence-corrected chi connectivity index (χ0v) is 12.1. The van der Waals surface area contributed by atoms with Crippen molar-refractivity contribution in [1.29, 1.82) is 0 Å². The highest BCUT2D eigenvalue weighted by Gasteiger charge is 2.55. The minimum absolute atomic E-state index is 0.0216. The van der Waals surface area contributed by atoms with Crippen LogP contribution < -0.4 is 0 Å². The maximum atomic E-state index is 12.8. The number of carbonyl (C=O) groups excluding carboxylic acids is 2. The number of ketones is 2. The number of alkyl halides is 1. The minimum atomic E-state index is -0.906. The Hall–Kier alpha value is -1.93. The van der Waals surface area contributed by atoms with Gasteiger partial charge >= 0.3 is 0 Å². The number of hydrogen-bond acceptors (Lipinski definition) is 2. The van der Waals surface area contributed by atoms with Gasteiger partial charge in [-0.05, 0) is 29.5 Å². The van der Waals surface area contributed by atoms with Gasteiger partial charge < -0.3 is 0 Å². The molecule has 0 saturated heterocycles. The van der Waals surface area contributed by atoms with Crippen LogP contribution in [0.1, 0.15) is 37.4 Å². The normalized spacial score (nSPS) is 18.1. The van der Waals surface area contributed by atoms with E-state index in [1.807, 2.05) is 30.3 Å². The van der Waals surface area contributed by atoms with E-state index in [0.717, 1.165) is 16.7 Å². The van der Waals surface area contributed by atoms with Crippen LogP contribution in [0.2, 0.25) is 0 Å². The quantitative estimate of drug-likeness (QED) is 0.595. The molecule has 2 aliphatic rings. The number of Topliss-reactive ketones (excluding diaryl/α,β-unsaturated/α-hetero) is 2. The maximum absolute atomic E-state index is 12.8. The summed E-state index contributed by atoms with van der Waals surface area (Å²) in [5.41, 5.74) is 3.46. The van der Waals surface area contributed by atoms with Gasteiger partial charge in [-0.25, -0.2) is 0 Å². The molecule has 2 aromatic rings. The molecule has 2 aromatic carbocycles. The third-order valence-electron chi connectivity index (χ3n) is 4.70. The molecule has 0 heterocycles. The molecular weight excluding hydrogens is 284 g/mol. The van der Waals surface area contributed by atoms with Crippen LogP contribution in [0, 0.1) is 5.41 Å². The number of halogens is 1. The average Bonchev–Trinajstić information content (AvgIpc) is 3.00. The standard InChI is InChI=1S/C18H13ClO2/c19-10-11-5-6-12-8-18(9-13(12)7-11)16(20)14-3-1-2-4-15(14)17(18)21/h1-7H,8-10H2. The van der Waals surface area contributed by atoms with Gasteiger partial charge in [-0.3, -0.25) is 9.59 Å². The van der Waals surface area contributed by atoms with Crippen molar-refractivity contribution in [1.82, 2.24) is 0 Å². The second-order valence-corrected chi connectivity index (χ2v) is 6.14. The van der Waals surface area contributed by atoms with Crippen LogP contribution >= 0.6 is 11.6 Å². The molecule has 0 atom stereocenters. The van der Waals surface area contributed by atoms with Crippen molar-refractivity contribution in [3.63, 3.8) is 0 Å². The Labute approximate surface area is 127 Å². The summed E-state index contributed by atoms with van der Waals surface area (Å²) in [5, 5.41) is 0. The SMILES string of the molecule is O=C1c2ccccc2C(=O)C12Cc1ccc(CCl)cc1C2. The Bertz CT molecular complexity index is 757. The predicted molar refractivity (Wildman–Crippen MR) is 80.9 cm³/mol. The van der Waals surface area contributed by atoms with E-state index in [9.17, 15) is 9.59 Å². The first-order valence-corrected chi connectivity index (χ1v) is 7.54. The van der Waals surface area contributed by atoms with Crippen molar-refractivity contribution in [3.05, 3.63) is 70.3 Å². The van der Waals surface area contributed by atoms with E-state index in [2.05, 4.69) is 0 Å². The molecule has 0 radical (unpaired) electrons. The first kappa shape index (κ1) is 12.8. The van der Waals surface area contributed by atoms with E-state index in [1.165, 1.54) is 0 Å². The molecule has 2 aliphatic carbocycles. The molecule has 21 heavy (non-hydrogen) atoms. The highest BCUT2D eigenvalue weighted by atomic mass is 35.5. The lowest BCUT2D eigenvalue weighted by atomic mass is 9.80. The molecule has 4 rings (SSSR count). The van der Waals surface area contributed by atoms with Gasteiger partial charge in [0.15, 0.2) is 11.6 Å². The summed E-state index contributed by atoms with van der Waals surface area (Å²) in [6, 6.07) is 13.2. The van der Waals surface area contributed by atoms with Gasteiger partial charge in [-0.2, -0.15) is 0 Å². The number of rotatable bonds is 1. The fourth-order valence-electron chi connectivity index (χ4n) is 3.63. The molecule has 0 amide bonds. The fraction of sp³-hybridized carbons (Fsp3) is 0.222. The van der Waals surface area contributed by atoms with Crippen molar-refractivity contribution in [3.8, 4) is 0 Å². The topological polar surface area (TPSA) is 34.1 Å². The summed E-state index contributed by atoms with van der Waals surface area (Å²) < 4.78 is 0. The summed E-state index contributed by atoms with van der Waals surface area (Å²) in [4.78, 5) is 25.6. The largest absolute Gasteiger partial charge is 0.293 e. The Balaban J connectivity index is 1.82. The van der Waals surface area contributed by atoms with Crippen LogP contribution in [-0.2, 0) is 18.7 Å². The molecule has 0 fully saturated rings. The van der Waals surface area contributed by atoms with Gasteiger partial charge in [0.2, 0.25) is 0 Å². The zero-order chi connectivity index (χ0) is 14.6. The van der Waals surface area contributed by atoms with Gasteiger partial charge in [-0.1, -0.05) is 42.5 Å². The lowest BCUT2D eigenvalue weighted by Gasteiger charge is -2.18. The van der Waals surface area contributed by atoms with E-state index in [1.54, 1.807) is 12.1 Å². The van der Waals surface area contributed by atoms with Crippen molar-refractivity contribution in [2.75, 3.05) is 0 Å². The minimum Gasteiger partial charge on any atom is -0.293 e. The first-order chi connectivity index (χ1) is 10.2. The average molecular weight is 297 g/mol. The van der Waals surface area contributed by atoms with Crippen LogP contribution in [0.4, 0.5) is 0 Å². The molecule has 0 unspecified atom stereocenters. The van der Waals surface area contributed by atoms with Gasteiger partial charge in [-0.15, -0.1) is 11.6 Å². The summed E-state index contributed by atoms with van der Waals surface area (Å²) >= 11 is 5.88. The molecule has 0 aliphatic heterocycles. The predicted octanol–water partition coefficient (Wildman–Crippen LogP) is 3.59. The van der Waals surface area contributed by atoms with E-state index < -0.39 is 5.41 Å². The zero-order valence-electron chi connectivity index (χ0n) is 11.4. The Kier molecular flexibility index (Phi) is 2.61. The smallest absolute Gasteiger partial charge is 0.178 e. The van der Waals surface area contributed by atoms with Gasteiger partial charge in [0.1, 0.15) is 5.41 Å². The number of fused-ring (bicyclic) bond motifs is 2. The number of benzene rings is 2. The summed E-state index contributed by atoms with van der Waals surface area (Å²) in [6.45, 7) is 0. The monoisotopic (exact) mass is 296 g/mol. The van der Waals surface area contributed by atoms with E-state index in [-0.39, 0.29) is 11.6 Å². The van der Waals surface area contributed by atoms with Crippen molar-refractivity contribution in [2.24, 2.45) is 5.41 Å². The van der Waals surface area contributed by atoms with Gasteiger partial charge in [0, 0.05) is 17.0 Å². The highest BCUT2D eigenvalue weighted by Crippen LogP contribution is 2.47. The van der Waals surface area contributed by atoms with E-state index in [0.29, 0.717) is 29.8 Å². The Morgan fingerprint density at radius 1 is 0.905 bits per heavy atom. The Morgan fingerprint density at radius 3 is 2.14 bits per heavy atom. The molecule has 1 spiro atoms. The van der Waals surface area contributed by atoms with Crippen molar-refractivity contribution in [2.45, 2.75) is 18.7 Å². The van der Waals surface area contributed by atoms with Crippen LogP contribution in [0.15, 0.2) is 42.5 Å². The van der Waals surface area contributed by atoms with Crippen molar-refractivity contribution >= 4 is 23.2 Å². The summed E-state index contributed by atoms with van der Waals surface area (Å²) in [6.07, 6.45) is 1.01. The lowest BCUT2D eigenvalue weighted by Crippen LogP contribution is -2.34. The van der Waals surface area contributed by atoms with Crippen molar-refractivity contribution < 1.29 is 9.59 Å². The van der Waals surface area contributed by atoms with Crippen LogP contribution in [0.3, 0.4) is 0 Å². The number of carbonyl (C=O) groups is 2. The van der Waals surface area contributed by atoms with Crippen LogP contribution in [-0.4, -0.2) is 11.6 Å². The van der Waals surface area contributed by atoms with E-state index in [4.69, 9.17) is 11.6 Å².